The molecule has 1 atom stereocenters. The number of halogens is 1. The smallest absolute Gasteiger partial charge is 0.159 e. The van der Waals surface area contributed by atoms with Crippen molar-refractivity contribution in [1.82, 2.24) is 19.9 Å². The number of rotatable bonds is 11. The van der Waals surface area contributed by atoms with Crippen LogP contribution in [0.3, 0.4) is 0 Å². The molecule has 186 valence electrons. The Labute approximate surface area is 213 Å². The molecule has 3 rings (SSSR count). The van der Waals surface area contributed by atoms with Crippen LogP contribution in [-0.2, 0) is 13.0 Å². The Morgan fingerprint density at radius 1 is 1.22 bits per heavy atom. The van der Waals surface area contributed by atoms with Crippen molar-refractivity contribution < 1.29 is 4.39 Å². The molecular formula is C29H33FN6. The number of nitrogens with two attached hydrogens (primary N) is 1. The Morgan fingerprint density at radius 2 is 1.97 bits per heavy atom. The lowest BCUT2D eigenvalue weighted by Crippen LogP contribution is -2.17. The van der Waals surface area contributed by atoms with E-state index >= 15 is 0 Å². The maximum absolute atomic E-state index is 14.0. The van der Waals surface area contributed by atoms with E-state index in [0.717, 1.165) is 46.4 Å². The fraction of sp³-hybridized carbons (Fsp3) is 0.310. The molecule has 3 aromatic rings. The molecule has 1 unspecified atom stereocenters. The van der Waals surface area contributed by atoms with E-state index in [4.69, 9.17) is 5.73 Å². The van der Waals surface area contributed by atoms with Crippen LogP contribution in [0.1, 0.15) is 55.9 Å². The zero-order chi connectivity index (χ0) is 26.1. The van der Waals surface area contributed by atoms with Crippen LogP contribution < -0.4 is 5.73 Å². The number of nitrogens with zero attached hydrogens (tertiary/aromatic N) is 5. The predicted octanol–water partition coefficient (Wildman–Crippen LogP) is 5.86. The van der Waals surface area contributed by atoms with E-state index in [9.17, 15) is 9.65 Å². The van der Waals surface area contributed by atoms with E-state index in [2.05, 4.69) is 41.4 Å². The third-order valence-corrected chi connectivity index (χ3v) is 6.03. The van der Waals surface area contributed by atoms with Gasteiger partial charge in [-0.05, 0) is 73.2 Å². The third kappa shape index (κ3) is 6.83. The molecule has 2 heterocycles. The first-order valence-electron chi connectivity index (χ1n) is 12.1. The van der Waals surface area contributed by atoms with Crippen molar-refractivity contribution in [2.75, 3.05) is 6.54 Å². The first kappa shape index (κ1) is 26.7. The Morgan fingerprint density at radius 3 is 2.58 bits per heavy atom. The molecule has 0 fully saturated rings. The lowest BCUT2D eigenvalue weighted by Gasteiger charge is -2.26. The molecule has 0 aliphatic carbocycles. The molecule has 0 saturated heterocycles. The highest BCUT2D eigenvalue weighted by Crippen LogP contribution is 2.30. The van der Waals surface area contributed by atoms with Crippen LogP contribution >= 0.6 is 0 Å². The Bertz CT molecular complexity index is 1260. The zero-order valence-electron chi connectivity index (χ0n) is 21.2. The van der Waals surface area contributed by atoms with Crippen molar-refractivity contribution in [2.45, 2.75) is 46.6 Å². The normalized spacial score (nSPS) is 12.2. The molecule has 2 N–H and O–H groups in total. The lowest BCUT2D eigenvalue weighted by molar-refractivity contribution is 0.459. The lowest BCUT2D eigenvalue weighted by atomic mass is 9.91. The van der Waals surface area contributed by atoms with Gasteiger partial charge in [-0.1, -0.05) is 26.8 Å². The van der Waals surface area contributed by atoms with Crippen molar-refractivity contribution in [1.29, 1.82) is 5.26 Å². The van der Waals surface area contributed by atoms with Crippen LogP contribution in [0.15, 0.2) is 67.5 Å². The first-order chi connectivity index (χ1) is 17.4. The number of allylic oxidation sites excluding steroid dienone is 2. The van der Waals surface area contributed by atoms with E-state index in [1.54, 1.807) is 24.7 Å². The second-order valence-corrected chi connectivity index (χ2v) is 8.97. The molecule has 0 saturated carbocycles. The summed E-state index contributed by atoms with van der Waals surface area (Å²) in [6.45, 7) is 11.3. The second-order valence-electron chi connectivity index (χ2n) is 8.97. The molecule has 0 spiro atoms. The van der Waals surface area contributed by atoms with Crippen LogP contribution in [0.2, 0.25) is 0 Å². The summed E-state index contributed by atoms with van der Waals surface area (Å²) in [5.41, 5.74) is 11.4. The van der Waals surface area contributed by atoms with E-state index in [1.165, 1.54) is 12.3 Å². The van der Waals surface area contributed by atoms with Gasteiger partial charge in [-0.2, -0.15) is 5.26 Å². The number of aromatic nitrogens is 3. The van der Waals surface area contributed by atoms with E-state index in [1.807, 2.05) is 30.2 Å². The summed E-state index contributed by atoms with van der Waals surface area (Å²) in [5.74, 6) is 0.391. The summed E-state index contributed by atoms with van der Waals surface area (Å²) in [4.78, 5) is 15.2. The molecule has 7 heteroatoms. The molecular weight excluding hydrogens is 451 g/mol. The Kier molecular flexibility index (Phi) is 9.43. The van der Waals surface area contributed by atoms with Gasteiger partial charge in [0.1, 0.15) is 5.82 Å². The summed E-state index contributed by atoms with van der Waals surface area (Å²) in [6.07, 6.45) is 11.2. The van der Waals surface area contributed by atoms with Gasteiger partial charge >= 0.3 is 0 Å². The number of pyridine rings is 1. The predicted molar refractivity (Wildman–Crippen MR) is 142 cm³/mol. The molecule has 0 amide bonds. The SMILES string of the molecule is C=C(C)N(/C=C(/c1cncc(F)c1)C(C)CCC)Cc1cc(C#N)ccc1-c1ncc(CCN)cn1. The largest absolute Gasteiger partial charge is 0.348 e. The van der Waals surface area contributed by atoms with Crippen LogP contribution in [0.5, 0.6) is 0 Å². The minimum Gasteiger partial charge on any atom is -0.348 e. The van der Waals surface area contributed by atoms with Gasteiger partial charge in [-0.3, -0.25) is 4.98 Å². The average Bonchev–Trinajstić information content (AvgIpc) is 2.87. The molecule has 2 aromatic heterocycles. The van der Waals surface area contributed by atoms with Crippen molar-refractivity contribution >= 4 is 5.57 Å². The Balaban J connectivity index is 2.06. The van der Waals surface area contributed by atoms with Gasteiger partial charge in [-0.25, -0.2) is 14.4 Å². The number of hydrogen-bond acceptors (Lipinski definition) is 6. The van der Waals surface area contributed by atoms with Gasteiger partial charge < -0.3 is 10.6 Å². The van der Waals surface area contributed by atoms with Crippen LogP contribution in [-0.4, -0.2) is 26.4 Å². The molecule has 36 heavy (non-hydrogen) atoms. The maximum Gasteiger partial charge on any atom is 0.159 e. The second kappa shape index (κ2) is 12.7. The standard InChI is InChI=1S/C29H33FN6/c1-5-6-21(4)28(24-12-26(30)17-33-16-24)19-36(20(2)3)18-25-11-22(13-32)7-8-27(25)29-34-14-23(9-10-31)15-35-29/h7-8,11-12,14-17,19,21H,2,5-6,9-10,18,31H2,1,3-4H3/b28-19+. The molecule has 0 aliphatic heterocycles. The van der Waals surface area contributed by atoms with Gasteiger partial charge in [0.05, 0.1) is 17.8 Å². The number of nitriles is 1. The minimum absolute atomic E-state index is 0.184. The monoisotopic (exact) mass is 484 g/mol. The van der Waals surface area contributed by atoms with Crippen LogP contribution in [0.4, 0.5) is 4.39 Å². The van der Waals surface area contributed by atoms with E-state index in [-0.39, 0.29) is 11.7 Å². The average molecular weight is 485 g/mol. The first-order valence-corrected chi connectivity index (χ1v) is 12.1. The summed E-state index contributed by atoms with van der Waals surface area (Å²) in [7, 11) is 0. The van der Waals surface area contributed by atoms with Gasteiger partial charge in [-0.15, -0.1) is 0 Å². The summed E-state index contributed by atoms with van der Waals surface area (Å²) >= 11 is 0. The summed E-state index contributed by atoms with van der Waals surface area (Å²) in [6, 6.07) is 9.24. The zero-order valence-corrected chi connectivity index (χ0v) is 21.2. The molecule has 0 bridgehead atoms. The van der Waals surface area contributed by atoms with Gasteiger partial charge in [0.25, 0.3) is 0 Å². The van der Waals surface area contributed by atoms with Crippen molar-refractivity contribution in [3.8, 4) is 17.5 Å². The fourth-order valence-corrected chi connectivity index (χ4v) is 4.09. The fourth-order valence-electron chi connectivity index (χ4n) is 4.09. The maximum atomic E-state index is 14.0. The van der Waals surface area contributed by atoms with Crippen molar-refractivity contribution in [3.63, 3.8) is 0 Å². The van der Waals surface area contributed by atoms with Crippen LogP contribution in [0.25, 0.3) is 17.0 Å². The summed E-state index contributed by atoms with van der Waals surface area (Å²) < 4.78 is 14.0. The van der Waals surface area contributed by atoms with Crippen LogP contribution in [0, 0.1) is 23.1 Å². The Hall–Kier alpha value is -3.89. The van der Waals surface area contributed by atoms with Gasteiger partial charge in [0.15, 0.2) is 5.82 Å². The third-order valence-electron chi connectivity index (χ3n) is 6.03. The van der Waals surface area contributed by atoms with Gasteiger partial charge in [0.2, 0.25) is 0 Å². The highest BCUT2D eigenvalue weighted by Gasteiger charge is 2.17. The van der Waals surface area contributed by atoms with Crippen molar-refractivity contribution in [3.05, 3.63) is 95.6 Å². The van der Waals surface area contributed by atoms with Crippen molar-refractivity contribution in [2.24, 2.45) is 11.7 Å². The highest BCUT2D eigenvalue weighted by molar-refractivity contribution is 5.67. The number of benzene rings is 1. The topological polar surface area (TPSA) is 91.7 Å². The molecule has 0 radical (unpaired) electrons. The molecule has 0 aliphatic rings. The molecule has 6 nitrogen and oxygen atoms in total. The quantitative estimate of drug-likeness (QED) is 0.366. The molecule has 1 aromatic carbocycles. The summed E-state index contributed by atoms with van der Waals surface area (Å²) in [5, 5.41) is 9.54. The highest BCUT2D eigenvalue weighted by atomic mass is 19.1. The van der Waals surface area contributed by atoms with E-state index < -0.39 is 0 Å². The van der Waals surface area contributed by atoms with E-state index in [0.29, 0.717) is 30.9 Å². The van der Waals surface area contributed by atoms with Gasteiger partial charge in [0, 0.05) is 48.2 Å². The number of hydrogen-bond donors (Lipinski definition) is 1. The minimum atomic E-state index is -0.372.